The Kier molecular flexibility index (Phi) is 2.96. The molecule has 2 saturated heterocycles. The van der Waals surface area contributed by atoms with Gasteiger partial charge in [-0.25, -0.2) is 4.99 Å². The second-order valence-corrected chi connectivity index (χ2v) is 3.59. The van der Waals surface area contributed by atoms with Gasteiger partial charge in [-0.15, -0.1) is 0 Å². The molecule has 2 heterocycles. The van der Waals surface area contributed by atoms with Crippen molar-refractivity contribution in [2.45, 2.75) is 25.4 Å². The smallest absolute Gasteiger partial charge is 0.316 e. The van der Waals surface area contributed by atoms with Gasteiger partial charge in [0.1, 0.15) is 0 Å². The Morgan fingerprint density at radius 3 is 2.60 bits per heavy atom. The number of hydrogen-bond acceptors (Lipinski definition) is 4. The second kappa shape index (κ2) is 4.39. The molecule has 1 unspecified atom stereocenters. The third-order valence-corrected chi connectivity index (χ3v) is 2.40. The monoisotopic (exact) mass is 211 g/mol. The van der Waals surface area contributed by atoms with Gasteiger partial charge in [-0.3, -0.25) is 20.2 Å². The van der Waals surface area contributed by atoms with Crippen LogP contribution in [0.2, 0.25) is 0 Å². The number of nitrogens with zero attached hydrogens (tertiary/aromatic N) is 1. The molecule has 6 heteroatoms. The minimum Gasteiger partial charge on any atom is -0.376 e. The fourth-order valence-electron chi connectivity index (χ4n) is 1.58. The summed E-state index contributed by atoms with van der Waals surface area (Å²) >= 11 is 0. The predicted molar refractivity (Wildman–Crippen MR) is 52.2 cm³/mol. The summed E-state index contributed by atoms with van der Waals surface area (Å²) in [6, 6.07) is 0. The highest BCUT2D eigenvalue weighted by Crippen LogP contribution is 2.12. The van der Waals surface area contributed by atoms with Gasteiger partial charge in [0.15, 0.2) is 0 Å². The van der Waals surface area contributed by atoms with Crippen LogP contribution in [-0.2, 0) is 14.3 Å². The average molecular weight is 211 g/mol. The van der Waals surface area contributed by atoms with E-state index in [1.54, 1.807) is 0 Å². The van der Waals surface area contributed by atoms with Crippen molar-refractivity contribution in [1.29, 1.82) is 0 Å². The first-order valence-corrected chi connectivity index (χ1v) is 5.04. The Morgan fingerprint density at radius 2 is 2.00 bits per heavy atom. The number of ether oxygens (including phenoxy) is 1. The highest BCUT2D eigenvalue weighted by molar-refractivity contribution is 6.45. The summed E-state index contributed by atoms with van der Waals surface area (Å²) in [7, 11) is 0. The molecule has 2 rings (SSSR count). The summed E-state index contributed by atoms with van der Waals surface area (Å²) < 4.78 is 5.46. The van der Waals surface area contributed by atoms with E-state index in [0.29, 0.717) is 6.54 Å². The fraction of sp³-hybridized carbons (Fsp3) is 0.667. The van der Waals surface area contributed by atoms with E-state index in [9.17, 15) is 9.59 Å². The van der Waals surface area contributed by atoms with Crippen molar-refractivity contribution in [2.24, 2.45) is 4.99 Å². The molecule has 15 heavy (non-hydrogen) atoms. The molecule has 2 aliphatic heterocycles. The highest BCUT2D eigenvalue weighted by Gasteiger charge is 2.25. The molecule has 0 aromatic carbocycles. The summed E-state index contributed by atoms with van der Waals surface area (Å²) in [6.07, 6.45) is 3.34. The van der Waals surface area contributed by atoms with Crippen molar-refractivity contribution in [2.75, 3.05) is 13.2 Å². The third-order valence-electron chi connectivity index (χ3n) is 2.40. The molecule has 6 nitrogen and oxygen atoms in total. The number of carbonyl (C=O) groups excluding carboxylic acids is 2. The lowest BCUT2D eigenvalue weighted by atomic mass is 10.1. The Morgan fingerprint density at radius 1 is 1.27 bits per heavy atom. The van der Waals surface area contributed by atoms with Crippen molar-refractivity contribution in [3.8, 4) is 0 Å². The van der Waals surface area contributed by atoms with Crippen LogP contribution < -0.4 is 10.6 Å². The molecule has 0 aromatic rings. The summed E-state index contributed by atoms with van der Waals surface area (Å²) in [5, 5.41) is 4.68. The molecule has 82 valence electrons. The standard InChI is InChI=1S/C9H13N3O3/c13-7-8(14)12-9(11-7)10-5-6-3-1-2-4-15-6/h6H,1-5H2,(H2,10,11,12,13,14). The van der Waals surface area contributed by atoms with Crippen LogP contribution in [0.4, 0.5) is 0 Å². The number of amides is 2. The molecule has 2 fully saturated rings. The number of guanidine groups is 1. The Balaban J connectivity index is 1.83. The molecule has 0 radical (unpaired) electrons. The fourth-order valence-corrected chi connectivity index (χ4v) is 1.58. The molecule has 2 N–H and O–H groups in total. The zero-order valence-corrected chi connectivity index (χ0v) is 8.28. The minimum atomic E-state index is -0.654. The van der Waals surface area contributed by atoms with Crippen LogP contribution >= 0.6 is 0 Å². The van der Waals surface area contributed by atoms with Gasteiger partial charge in [-0.05, 0) is 19.3 Å². The molecule has 1 atom stereocenters. The number of nitrogens with one attached hydrogen (secondary N) is 2. The second-order valence-electron chi connectivity index (χ2n) is 3.59. The van der Waals surface area contributed by atoms with Crippen LogP contribution in [-0.4, -0.2) is 37.0 Å². The first-order chi connectivity index (χ1) is 7.25. The van der Waals surface area contributed by atoms with Gasteiger partial charge in [0.25, 0.3) is 0 Å². The zero-order valence-electron chi connectivity index (χ0n) is 8.28. The van der Waals surface area contributed by atoms with Crippen LogP contribution in [0.25, 0.3) is 0 Å². The SMILES string of the molecule is O=C1NC(=NCC2CCCCO2)NC1=O. The van der Waals surface area contributed by atoms with Crippen molar-refractivity contribution in [3.63, 3.8) is 0 Å². The van der Waals surface area contributed by atoms with Crippen molar-refractivity contribution in [3.05, 3.63) is 0 Å². The lowest BCUT2D eigenvalue weighted by Crippen LogP contribution is -2.29. The topological polar surface area (TPSA) is 79.8 Å². The molecule has 2 aliphatic rings. The van der Waals surface area contributed by atoms with Crippen molar-refractivity contribution < 1.29 is 14.3 Å². The zero-order chi connectivity index (χ0) is 10.7. The van der Waals surface area contributed by atoms with Crippen LogP contribution in [0, 0.1) is 0 Å². The van der Waals surface area contributed by atoms with Gasteiger partial charge in [-0.2, -0.15) is 0 Å². The maximum Gasteiger partial charge on any atom is 0.316 e. The molecule has 2 amide bonds. The molecular formula is C9H13N3O3. The minimum absolute atomic E-state index is 0.112. The van der Waals surface area contributed by atoms with Crippen molar-refractivity contribution in [1.82, 2.24) is 10.6 Å². The first-order valence-electron chi connectivity index (χ1n) is 5.04. The van der Waals surface area contributed by atoms with Gasteiger partial charge < -0.3 is 4.74 Å². The van der Waals surface area contributed by atoms with Crippen molar-refractivity contribution >= 4 is 17.8 Å². The van der Waals surface area contributed by atoms with Gasteiger partial charge in [-0.1, -0.05) is 0 Å². The van der Waals surface area contributed by atoms with E-state index in [2.05, 4.69) is 15.6 Å². The summed E-state index contributed by atoms with van der Waals surface area (Å²) in [4.78, 5) is 25.7. The number of aliphatic imine (C=N–C) groups is 1. The van der Waals surface area contributed by atoms with E-state index in [4.69, 9.17) is 4.74 Å². The van der Waals surface area contributed by atoms with Gasteiger partial charge in [0.05, 0.1) is 12.6 Å². The molecular weight excluding hydrogens is 198 g/mol. The Hall–Kier alpha value is -1.43. The molecule has 0 aliphatic carbocycles. The predicted octanol–water partition coefficient (Wildman–Crippen LogP) is -0.843. The molecule has 0 spiro atoms. The third kappa shape index (κ3) is 2.53. The van der Waals surface area contributed by atoms with E-state index >= 15 is 0 Å². The first kappa shape index (κ1) is 10.1. The molecule has 0 saturated carbocycles. The largest absolute Gasteiger partial charge is 0.376 e. The summed E-state index contributed by atoms with van der Waals surface area (Å²) in [5.74, 6) is -1.07. The number of hydrogen-bond donors (Lipinski definition) is 2. The van der Waals surface area contributed by atoms with E-state index in [-0.39, 0.29) is 12.1 Å². The maximum atomic E-state index is 10.8. The van der Waals surface area contributed by atoms with Gasteiger partial charge in [0.2, 0.25) is 5.96 Å². The van der Waals surface area contributed by atoms with Crippen LogP contribution in [0.15, 0.2) is 4.99 Å². The summed E-state index contributed by atoms with van der Waals surface area (Å²) in [5.41, 5.74) is 0. The lowest BCUT2D eigenvalue weighted by Gasteiger charge is -2.20. The van der Waals surface area contributed by atoms with E-state index in [1.165, 1.54) is 0 Å². The molecule has 0 bridgehead atoms. The number of carbonyl (C=O) groups is 2. The molecule has 0 aromatic heterocycles. The highest BCUT2D eigenvalue weighted by atomic mass is 16.5. The quantitative estimate of drug-likeness (QED) is 0.584. The summed E-state index contributed by atoms with van der Waals surface area (Å²) in [6.45, 7) is 1.25. The number of rotatable bonds is 2. The normalized spacial score (nSPS) is 26.1. The average Bonchev–Trinajstić information content (AvgIpc) is 2.57. The van der Waals surface area contributed by atoms with Crippen LogP contribution in [0.3, 0.4) is 0 Å². The van der Waals surface area contributed by atoms with E-state index in [0.717, 1.165) is 25.9 Å². The lowest BCUT2D eigenvalue weighted by molar-refractivity contribution is -0.135. The van der Waals surface area contributed by atoms with Crippen LogP contribution in [0.1, 0.15) is 19.3 Å². The van der Waals surface area contributed by atoms with Gasteiger partial charge in [0, 0.05) is 6.61 Å². The van der Waals surface area contributed by atoms with E-state index < -0.39 is 11.8 Å². The van der Waals surface area contributed by atoms with E-state index in [1.807, 2.05) is 0 Å². The van der Waals surface area contributed by atoms with Gasteiger partial charge >= 0.3 is 11.8 Å². The Labute approximate surface area is 87.1 Å². The van der Waals surface area contributed by atoms with Crippen LogP contribution in [0.5, 0.6) is 0 Å². The Bertz CT molecular complexity index is 290. The maximum absolute atomic E-state index is 10.8.